The number of benzene rings is 2. The highest BCUT2D eigenvalue weighted by molar-refractivity contribution is 7.17. The van der Waals surface area contributed by atoms with Gasteiger partial charge in [-0.1, -0.05) is 43.0 Å². The average molecular weight is 563 g/mol. The van der Waals surface area contributed by atoms with Crippen molar-refractivity contribution in [2.75, 3.05) is 24.7 Å². The lowest BCUT2D eigenvalue weighted by Crippen LogP contribution is -2.29. The highest BCUT2D eigenvalue weighted by Crippen LogP contribution is 2.44. The monoisotopic (exact) mass is 562 g/mol. The summed E-state index contributed by atoms with van der Waals surface area (Å²) in [6.07, 6.45) is 2.44. The van der Waals surface area contributed by atoms with Crippen molar-refractivity contribution in [2.24, 2.45) is 0 Å². The third kappa shape index (κ3) is 5.76. The number of hydrogen-bond donors (Lipinski definition) is 1. The van der Waals surface area contributed by atoms with E-state index in [1.807, 2.05) is 6.92 Å². The second-order valence-corrected chi connectivity index (χ2v) is 9.82. The number of hydrogen-bond acceptors (Lipinski definition) is 9. The van der Waals surface area contributed by atoms with E-state index in [9.17, 15) is 19.5 Å². The van der Waals surface area contributed by atoms with Crippen LogP contribution in [0, 0.1) is 6.92 Å². The summed E-state index contributed by atoms with van der Waals surface area (Å²) in [6, 6.07) is 12.5. The molecule has 1 aliphatic heterocycles. The number of aliphatic hydroxyl groups excluding tert-OH is 1. The van der Waals surface area contributed by atoms with Gasteiger partial charge < -0.3 is 19.3 Å². The van der Waals surface area contributed by atoms with Crippen molar-refractivity contribution in [1.82, 2.24) is 4.98 Å². The van der Waals surface area contributed by atoms with Gasteiger partial charge in [0.05, 0.1) is 30.5 Å². The number of ether oxygens (including phenoxy) is 3. The highest BCUT2D eigenvalue weighted by Gasteiger charge is 2.48. The Morgan fingerprint density at radius 3 is 2.55 bits per heavy atom. The Balaban J connectivity index is 1.86. The molecule has 208 valence electrons. The first-order valence-corrected chi connectivity index (χ1v) is 13.6. The fraction of sp³-hybridized carbons (Fsp3) is 0.267. The molecular weight excluding hydrogens is 532 g/mol. The number of esters is 1. The van der Waals surface area contributed by atoms with Gasteiger partial charge in [0.15, 0.2) is 5.13 Å². The fourth-order valence-electron chi connectivity index (χ4n) is 4.23. The molecule has 2 aromatic carbocycles. The molecule has 1 amide bonds. The maximum atomic E-state index is 13.5. The Morgan fingerprint density at radius 1 is 1.12 bits per heavy atom. The number of aromatic nitrogens is 1. The Bertz CT molecular complexity index is 1460. The maximum absolute atomic E-state index is 13.5. The summed E-state index contributed by atoms with van der Waals surface area (Å²) in [5.41, 5.74) is 1.10. The number of anilines is 1. The SMILES string of the molecule is C=CCOc1cccc(C2/C(=C(\O)c3ccc(OCCC)cc3)C(=O)C(=O)N2c2nc(C)c(C(=O)OCC)s2)c1. The average Bonchev–Trinajstić information content (AvgIpc) is 3.47. The lowest BCUT2D eigenvalue weighted by molar-refractivity contribution is -0.132. The molecule has 1 aliphatic rings. The van der Waals surface area contributed by atoms with Crippen molar-refractivity contribution >= 4 is 39.9 Å². The third-order valence-electron chi connectivity index (χ3n) is 6.04. The van der Waals surface area contributed by atoms with Crippen LogP contribution in [0.25, 0.3) is 5.76 Å². The number of rotatable bonds is 11. The maximum Gasteiger partial charge on any atom is 0.350 e. The summed E-state index contributed by atoms with van der Waals surface area (Å²) in [5, 5.41) is 11.5. The number of thiazole rings is 1. The summed E-state index contributed by atoms with van der Waals surface area (Å²) in [6.45, 7) is 9.95. The zero-order valence-electron chi connectivity index (χ0n) is 22.5. The van der Waals surface area contributed by atoms with Gasteiger partial charge in [0.1, 0.15) is 28.7 Å². The minimum atomic E-state index is -1.04. The molecule has 0 spiro atoms. The summed E-state index contributed by atoms with van der Waals surface area (Å²) >= 11 is 0.948. The molecule has 0 saturated carbocycles. The van der Waals surface area contributed by atoms with Crippen LogP contribution in [0.5, 0.6) is 11.5 Å². The van der Waals surface area contributed by atoms with Gasteiger partial charge in [-0.2, -0.15) is 0 Å². The van der Waals surface area contributed by atoms with E-state index in [2.05, 4.69) is 11.6 Å². The van der Waals surface area contributed by atoms with E-state index < -0.39 is 23.7 Å². The number of carbonyl (C=O) groups excluding carboxylic acids is 3. The normalized spacial score (nSPS) is 16.2. The Labute approximate surface area is 236 Å². The van der Waals surface area contributed by atoms with Gasteiger partial charge in [-0.3, -0.25) is 14.5 Å². The van der Waals surface area contributed by atoms with Gasteiger partial charge in [0.2, 0.25) is 0 Å². The van der Waals surface area contributed by atoms with Crippen LogP contribution in [0.1, 0.15) is 52.8 Å². The number of aryl methyl sites for hydroxylation is 1. The predicted octanol–water partition coefficient (Wildman–Crippen LogP) is 5.61. The van der Waals surface area contributed by atoms with Crippen molar-refractivity contribution in [3.8, 4) is 11.5 Å². The zero-order valence-corrected chi connectivity index (χ0v) is 23.3. The molecule has 1 aromatic heterocycles. The van der Waals surface area contributed by atoms with Gasteiger partial charge >= 0.3 is 11.9 Å². The number of carbonyl (C=O) groups is 3. The van der Waals surface area contributed by atoms with Gasteiger partial charge in [-0.25, -0.2) is 9.78 Å². The molecule has 1 saturated heterocycles. The quantitative estimate of drug-likeness (QED) is 0.105. The van der Waals surface area contributed by atoms with Crippen LogP contribution in [0.4, 0.5) is 5.13 Å². The van der Waals surface area contributed by atoms with E-state index in [1.54, 1.807) is 68.5 Å². The molecule has 1 atom stereocenters. The Morgan fingerprint density at radius 2 is 1.88 bits per heavy atom. The smallest absolute Gasteiger partial charge is 0.350 e. The second kappa shape index (κ2) is 12.6. The minimum Gasteiger partial charge on any atom is -0.507 e. The fourth-order valence-corrected chi connectivity index (χ4v) is 5.22. The molecule has 1 unspecified atom stereocenters. The van der Waals surface area contributed by atoms with Gasteiger partial charge in [0, 0.05) is 5.56 Å². The molecule has 9 nitrogen and oxygen atoms in total. The number of Topliss-reactive ketones (excluding diaryl/α,β-unsaturated/α-hetero) is 1. The molecule has 0 radical (unpaired) electrons. The molecule has 0 aliphatic carbocycles. The zero-order chi connectivity index (χ0) is 28.8. The first-order chi connectivity index (χ1) is 19.3. The van der Waals surface area contributed by atoms with Crippen LogP contribution < -0.4 is 14.4 Å². The van der Waals surface area contributed by atoms with Gasteiger partial charge in [0.25, 0.3) is 5.78 Å². The number of nitrogens with zero attached hydrogens (tertiary/aromatic N) is 2. The van der Waals surface area contributed by atoms with Crippen molar-refractivity contribution in [3.05, 3.63) is 88.5 Å². The van der Waals surface area contributed by atoms with Crippen molar-refractivity contribution in [3.63, 3.8) is 0 Å². The van der Waals surface area contributed by atoms with E-state index in [4.69, 9.17) is 14.2 Å². The first-order valence-electron chi connectivity index (χ1n) is 12.8. The first kappa shape index (κ1) is 28.6. The lowest BCUT2D eigenvalue weighted by atomic mass is 9.95. The number of amides is 1. The number of ketones is 1. The standard InChI is InChI=1S/C30H30N2O7S/c1-5-15-38-21-13-11-19(12-14-21)25(33)23-24(20-9-8-10-22(17-20)39-16-6-2)32(28(35)26(23)34)30-31-18(4)27(40-30)29(36)37-7-3/h6,8-14,17,24,33H,2,5,7,15-16H2,1,3-4H3/b25-23+. The van der Waals surface area contributed by atoms with Crippen LogP contribution in [0.2, 0.25) is 0 Å². The molecule has 4 rings (SSSR count). The van der Waals surface area contributed by atoms with Gasteiger partial charge in [-0.05, 0) is 62.2 Å². The van der Waals surface area contributed by atoms with Crippen LogP contribution in [-0.4, -0.2) is 47.6 Å². The Kier molecular flexibility index (Phi) is 9.00. The summed E-state index contributed by atoms with van der Waals surface area (Å²) in [5.74, 6) is -1.56. The van der Waals surface area contributed by atoms with E-state index in [-0.39, 0.29) is 34.6 Å². The summed E-state index contributed by atoms with van der Waals surface area (Å²) < 4.78 is 16.4. The molecule has 1 fully saturated rings. The molecular formula is C30H30N2O7S. The summed E-state index contributed by atoms with van der Waals surface area (Å²) in [7, 11) is 0. The molecule has 1 N–H and O–H groups in total. The van der Waals surface area contributed by atoms with E-state index >= 15 is 0 Å². The topological polar surface area (TPSA) is 115 Å². The van der Waals surface area contributed by atoms with E-state index in [0.29, 0.717) is 34.9 Å². The second-order valence-electron chi connectivity index (χ2n) is 8.85. The largest absolute Gasteiger partial charge is 0.507 e. The molecule has 2 heterocycles. The van der Waals surface area contributed by atoms with Crippen molar-refractivity contribution in [2.45, 2.75) is 33.2 Å². The molecule has 3 aromatic rings. The predicted molar refractivity (Wildman–Crippen MR) is 152 cm³/mol. The van der Waals surface area contributed by atoms with Crippen molar-refractivity contribution < 1.29 is 33.7 Å². The van der Waals surface area contributed by atoms with E-state index in [1.165, 1.54) is 4.90 Å². The van der Waals surface area contributed by atoms with E-state index in [0.717, 1.165) is 17.8 Å². The molecule has 40 heavy (non-hydrogen) atoms. The third-order valence-corrected chi connectivity index (χ3v) is 7.18. The van der Waals surface area contributed by atoms with Crippen LogP contribution in [0.3, 0.4) is 0 Å². The van der Waals surface area contributed by atoms with Crippen LogP contribution >= 0.6 is 11.3 Å². The Hall–Kier alpha value is -4.44. The van der Waals surface area contributed by atoms with Gasteiger partial charge in [-0.15, -0.1) is 0 Å². The minimum absolute atomic E-state index is 0.112. The molecule has 0 bridgehead atoms. The highest BCUT2D eigenvalue weighted by atomic mass is 32.1. The van der Waals surface area contributed by atoms with Crippen molar-refractivity contribution in [1.29, 1.82) is 0 Å². The van der Waals surface area contributed by atoms with Crippen LogP contribution in [0.15, 0.2) is 66.8 Å². The van der Waals surface area contributed by atoms with Crippen LogP contribution in [-0.2, 0) is 14.3 Å². The lowest BCUT2D eigenvalue weighted by Gasteiger charge is -2.23. The molecule has 10 heteroatoms. The summed E-state index contributed by atoms with van der Waals surface area (Å²) in [4.78, 5) is 45.3. The number of aliphatic hydroxyl groups is 1.